The molecule has 0 aromatic heterocycles. The molecule has 0 spiro atoms. The van der Waals surface area contributed by atoms with Crippen LogP contribution in [-0.2, 0) is 0 Å². The summed E-state index contributed by atoms with van der Waals surface area (Å²) in [6.07, 6.45) is 2.48. The number of halogens is 1. The first-order valence-corrected chi connectivity index (χ1v) is 8.12. The molecule has 1 aromatic rings. The van der Waals surface area contributed by atoms with Gasteiger partial charge in [0.05, 0.1) is 12.6 Å². The first kappa shape index (κ1) is 16.8. The number of nitrogens with two attached hydrogens (primary N) is 1. The number of nitrogens with zero attached hydrogens (tertiary/aromatic N) is 2. The van der Waals surface area contributed by atoms with E-state index in [1.807, 2.05) is 25.1 Å². The second-order valence-corrected chi connectivity index (χ2v) is 6.29. The van der Waals surface area contributed by atoms with Crippen LogP contribution in [0.4, 0.5) is 0 Å². The van der Waals surface area contributed by atoms with E-state index in [2.05, 4.69) is 27.9 Å². The summed E-state index contributed by atoms with van der Waals surface area (Å²) in [4.78, 5) is 6.96. The van der Waals surface area contributed by atoms with E-state index in [4.69, 9.17) is 17.3 Å². The van der Waals surface area contributed by atoms with Crippen molar-refractivity contribution in [2.24, 2.45) is 10.7 Å². The van der Waals surface area contributed by atoms with Gasteiger partial charge in [-0.2, -0.15) is 0 Å². The molecule has 1 unspecified atom stereocenters. The fourth-order valence-corrected chi connectivity index (χ4v) is 2.88. The number of aliphatic imine (C=N–C) groups is 1. The molecule has 1 aliphatic rings. The minimum absolute atomic E-state index is 0.228. The van der Waals surface area contributed by atoms with Crippen LogP contribution in [0.1, 0.15) is 31.4 Å². The van der Waals surface area contributed by atoms with Crippen molar-refractivity contribution in [1.29, 1.82) is 0 Å². The summed E-state index contributed by atoms with van der Waals surface area (Å²) >= 11 is 6.14. The third-order valence-corrected chi connectivity index (χ3v) is 4.06. The number of rotatable bonds is 6. The van der Waals surface area contributed by atoms with Crippen molar-refractivity contribution in [1.82, 2.24) is 10.2 Å². The van der Waals surface area contributed by atoms with Crippen molar-refractivity contribution < 1.29 is 0 Å². The van der Waals surface area contributed by atoms with E-state index >= 15 is 0 Å². The van der Waals surface area contributed by atoms with Crippen LogP contribution < -0.4 is 11.1 Å². The molecule has 0 radical (unpaired) electrons. The van der Waals surface area contributed by atoms with Crippen molar-refractivity contribution in [2.45, 2.75) is 25.8 Å². The van der Waals surface area contributed by atoms with Crippen molar-refractivity contribution in [3.05, 3.63) is 47.0 Å². The van der Waals surface area contributed by atoms with Crippen LogP contribution in [-0.4, -0.2) is 37.0 Å². The highest BCUT2D eigenvalue weighted by molar-refractivity contribution is 6.30. The Morgan fingerprint density at radius 2 is 2.18 bits per heavy atom. The quantitative estimate of drug-likeness (QED) is 0.481. The standard InChI is InChI=1S/C17H25ClN4/c1-13(2)11-20-17(19)21-12-16(22-8-3-4-9-22)14-6-5-7-15(18)10-14/h5-7,10,16H,1,3-4,8-9,11-12H2,2H3,(H3,19,20,21). The van der Waals surface area contributed by atoms with Crippen LogP contribution in [0.5, 0.6) is 0 Å². The first-order chi connectivity index (χ1) is 10.6. The lowest BCUT2D eigenvalue weighted by Gasteiger charge is -2.27. The van der Waals surface area contributed by atoms with Crippen LogP contribution in [0.2, 0.25) is 5.02 Å². The Kier molecular flexibility index (Phi) is 6.28. The molecule has 0 aliphatic carbocycles. The van der Waals surface area contributed by atoms with Gasteiger partial charge in [0.15, 0.2) is 5.96 Å². The van der Waals surface area contributed by atoms with Gasteiger partial charge in [0.1, 0.15) is 0 Å². The molecule has 0 bridgehead atoms. The zero-order valence-corrected chi connectivity index (χ0v) is 13.9. The van der Waals surface area contributed by atoms with E-state index in [0.717, 1.165) is 23.7 Å². The monoisotopic (exact) mass is 320 g/mol. The Labute approximate surface area is 138 Å². The first-order valence-electron chi connectivity index (χ1n) is 7.74. The molecular formula is C17H25ClN4. The van der Waals surface area contributed by atoms with Crippen molar-refractivity contribution in [3.8, 4) is 0 Å². The average Bonchev–Trinajstić information content (AvgIpc) is 2.99. The van der Waals surface area contributed by atoms with Crippen molar-refractivity contribution >= 4 is 17.6 Å². The highest BCUT2D eigenvalue weighted by atomic mass is 35.5. The number of benzene rings is 1. The van der Waals surface area contributed by atoms with Gasteiger partial charge in [-0.3, -0.25) is 9.89 Å². The van der Waals surface area contributed by atoms with E-state index in [1.54, 1.807) is 0 Å². The van der Waals surface area contributed by atoms with Crippen molar-refractivity contribution in [3.63, 3.8) is 0 Å². The molecule has 1 heterocycles. The van der Waals surface area contributed by atoms with Gasteiger partial charge in [-0.1, -0.05) is 35.9 Å². The maximum atomic E-state index is 6.14. The molecule has 4 nitrogen and oxygen atoms in total. The number of guanidine groups is 1. The number of hydrogen-bond donors (Lipinski definition) is 2. The molecule has 22 heavy (non-hydrogen) atoms. The lowest BCUT2D eigenvalue weighted by Crippen LogP contribution is -2.34. The Morgan fingerprint density at radius 3 is 2.82 bits per heavy atom. The Balaban J connectivity index is 2.08. The Morgan fingerprint density at radius 1 is 1.45 bits per heavy atom. The molecule has 0 amide bonds. The number of hydrogen-bond acceptors (Lipinski definition) is 2. The van der Waals surface area contributed by atoms with Crippen LogP contribution in [0, 0.1) is 0 Å². The second-order valence-electron chi connectivity index (χ2n) is 5.85. The van der Waals surface area contributed by atoms with Gasteiger partial charge in [0.25, 0.3) is 0 Å². The fraction of sp³-hybridized carbons (Fsp3) is 0.471. The molecule has 120 valence electrons. The molecule has 3 N–H and O–H groups in total. The summed E-state index contributed by atoms with van der Waals surface area (Å²) in [7, 11) is 0. The zero-order chi connectivity index (χ0) is 15.9. The van der Waals surface area contributed by atoms with E-state index in [9.17, 15) is 0 Å². The minimum atomic E-state index is 0.228. The normalized spacial score (nSPS) is 17.5. The largest absolute Gasteiger partial charge is 0.370 e. The molecule has 5 heteroatoms. The molecule has 2 rings (SSSR count). The Hall–Kier alpha value is -1.52. The Bertz CT molecular complexity index is 535. The number of likely N-dealkylation sites (tertiary alicyclic amines) is 1. The van der Waals surface area contributed by atoms with Crippen LogP contribution in [0.3, 0.4) is 0 Å². The molecule has 1 fully saturated rings. The lowest BCUT2D eigenvalue weighted by atomic mass is 10.1. The second kappa shape index (κ2) is 8.20. The van der Waals surface area contributed by atoms with E-state index in [1.165, 1.54) is 18.4 Å². The molecule has 1 atom stereocenters. The fourth-order valence-electron chi connectivity index (χ4n) is 2.68. The lowest BCUT2D eigenvalue weighted by molar-refractivity contribution is 0.252. The van der Waals surface area contributed by atoms with Gasteiger partial charge in [-0.25, -0.2) is 0 Å². The molecule has 1 aromatic carbocycles. The predicted octanol–water partition coefficient (Wildman–Crippen LogP) is 2.96. The van der Waals surface area contributed by atoms with Gasteiger partial charge < -0.3 is 11.1 Å². The summed E-state index contributed by atoms with van der Waals surface area (Å²) < 4.78 is 0. The summed E-state index contributed by atoms with van der Waals surface area (Å²) in [5, 5.41) is 3.84. The molecule has 0 saturated carbocycles. The average molecular weight is 321 g/mol. The molecule has 1 aliphatic heterocycles. The third-order valence-electron chi connectivity index (χ3n) is 3.82. The van der Waals surface area contributed by atoms with E-state index in [0.29, 0.717) is 19.0 Å². The van der Waals surface area contributed by atoms with E-state index < -0.39 is 0 Å². The highest BCUT2D eigenvalue weighted by Crippen LogP contribution is 2.27. The minimum Gasteiger partial charge on any atom is -0.370 e. The zero-order valence-electron chi connectivity index (χ0n) is 13.2. The third kappa shape index (κ3) is 5.04. The van der Waals surface area contributed by atoms with Gasteiger partial charge in [-0.15, -0.1) is 0 Å². The van der Waals surface area contributed by atoms with Gasteiger partial charge in [0, 0.05) is 11.6 Å². The van der Waals surface area contributed by atoms with E-state index in [-0.39, 0.29) is 6.04 Å². The van der Waals surface area contributed by atoms with Gasteiger partial charge in [-0.05, 0) is 50.6 Å². The maximum Gasteiger partial charge on any atom is 0.188 e. The number of nitrogens with one attached hydrogen (secondary N) is 1. The summed E-state index contributed by atoms with van der Waals surface area (Å²) in [6.45, 7) is 9.30. The highest BCUT2D eigenvalue weighted by Gasteiger charge is 2.23. The van der Waals surface area contributed by atoms with Gasteiger partial charge >= 0.3 is 0 Å². The summed E-state index contributed by atoms with van der Waals surface area (Å²) in [6, 6.07) is 8.26. The van der Waals surface area contributed by atoms with Crippen LogP contribution in [0.15, 0.2) is 41.4 Å². The topological polar surface area (TPSA) is 53.6 Å². The molecular weight excluding hydrogens is 296 g/mol. The smallest absolute Gasteiger partial charge is 0.188 e. The van der Waals surface area contributed by atoms with Crippen molar-refractivity contribution in [2.75, 3.05) is 26.2 Å². The summed E-state index contributed by atoms with van der Waals surface area (Å²) in [5.41, 5.74) is 8.16. The van der Waals surface area contributed by atoms with Gasteiger partial charge in [0.2, 0.25) is 0 Å². The van der Waals surface area contributed by atoms with Crippen LogP contribution >= 0.6 is 11.6 Å². The summed E-state index contributed by atoms with van der Waals surface area (Å²) in [5.74, 6) is 0.467. The maximum absolute atomic E-state index is 6.14. The molecule has 1 saturated heterocycles. The van der Waals surface area contributed by atoms with Crippen LogP contribution in [0.25, 0.3) is 0 Å². The SMILES string of the molecule is C=C(C)CNC(N)=NCC(c1cccc(Cl)c1)N1CCCC1. The predicted molar refractivity (Wildman–Crippen MR) is 94.3 cm³/mol.